The van der Waals surface area contributed by atoms with Crippen LogP contribution in [-0.2, 0) is 11.2 Å². The van der Waals surface area contributed by atoms with Gasteiger partial charge in [-0.2, -0.15) is 0 Å². The SMILES string of the molecule is CC(C)(C)C(=O)C1Cc2ccccc2S1. The second-order valence-corrected chi connectivity index (χ2v) is 6.28. The molecule has 0 radical (unpaired) electrons. The molecule has 1 aliphatic rings. The zero-order valence-electron chi connectivity index (χ0n) is 9.41. The van der Waals surface area contributed by atoms with Crippen LogP contribution in [0.25, 0.3) is 0 Å². The number of rotatable bonds is 1. The van der Waals surface area contributed by atoms with E-state index < -0.39 is 0 Å². The van der Waals surface area contributed by atoms with E-state index >= 15 is 0 Å². The molecule has 0 fully saturated rings. The number of carbonyl (C=O) groups excluding carboxylic acids is 1. The maximum absolute atomic E-state index is 12.1. The Labute approximate surface area is 95.3 Å². The van der Waals surface area contributed by atoms with Crippen LogP contribution in [0.3, 0.4) is 0 Å². The third kappa shape index (κ3) is 2.10. The number of carbonyl (C=O) groups is 1. The molecule has 0 saturated carbocycles. The fourth-order valence-corrected chi connectivity index (χ4v) is 3.30. The highest BCUT2D eigenvalue weighted by molar-refractivity contribution is 8.01. The van der Waals surface area contributed by atoms with Crippen LogP contribution in [-0.4, -0.2) is 11.0 Å². The lowest BCUT2D eigenvalue weighted by molar-refractivity contribution is -0.125. The van der Waals surface area contributed by atoms with Crippen molar-refractivity contribution in [3.8, 4) is 0 Å². The number of hydrogen-bond acceptors (Lipinski definition) is 2. The summed E-state index contributed by atoms with van der Waals surface area (Å²) < 4.78 is 0. The summed E-state index contributed by atoms with van der Waals surface area (Å²) in [6.45, 7) is 6.00. The number of Topliss-reactive ketones (excluding diaryl/α,β-unsaturated/α-hetero) is 1. The summed E-state index contributed by atoms with van der Waals surface area (Å²) in [6.07, 6.45) is 0.900. The van der Waals surface area contributed by atoms with Crippen molar-refractivity contribution in [2.45, 2.75) is 37.3 Å². The van der Waals surface area contributed by atoms with E-state index in [-0.39, 0.29) is 10.7 Å². The molecule has 1 unspecified atom stereocenters. The van der Waals surface area contributed by atoms with Crippen LogP contribution < -0.4 is 0 Å². The molecule has 0 N–H and O–H groups in total. The second-order valence-electron chi connectivity index (χ2n) is 5.03. The molecule has 80 valence electrons. The highest BCUT2D eigenvalue weighted by Crippen LogP contribution is 2.39. The van der Waals surface area contributed by atoms with Gasteiger partial charge in [-0.25, -0.2) is 0 Å². The van der Waals surface area contributed by atoms with Gasteiger partial charge in [-0.05, 0) is 18.1 Å². The first-order valence-electron chi connectivity index (χ1n) is 5.27. The maximum Gasteiger partial charge on any atom is 0.151 e. The topological polar surface area (TPSA) is 17.1 Å². The molecule has 0 bridgehead atoms. The Kier molecular flexibility index (Phi) is 2.63. The summed E-state index contributed by atoms with van der Waals surface area (Å²) in [7, 11) is 0. The summed E-state index contributed by atoms with van der Waals surface area (Å²) in [4.78, 5) is 13.4. The standard InChI is InChI=1S/C13H16OS/c1-13(2,3)12(14)11-8-9-6-4-5-7-10(9)15-11/h4-7,11H,8H2,1-3H3. The average Bonchev–Trinajstić information content (AvgIpc) is 2.58. The van der Waals surface area contributed by atoms with Crippen molar-refractivity contribution in [2.24, 2.45) is 5.41 Å². The minimum absolute atomic E-state index is 0.127. The van der Waals surface area contributed by atoms with Gasteiger partial charge in [0.05, 0.1) is 5.25 Å². The van der Waals surface area contributed by atoms with E-state index in [2.05, 4.69) is 12.1 Å². The Balaban J connectivity index is 2.17. The molecule has 0 saturated heterocycles. The van der Waals surface area contributed by atoms with Crippen LogP contribution in [0.15, 0.2) is 29.2 Å². The highest BCUT2D eigenvalue weighted by Gasteiger charge is 2.34. The lowest BCUT2D eigenvalue weighted by Crippen LogP contribution is -2.30. The molecule has 15 heavy (non-hydrogen) atoms. The molecule has 1 atom stereocenters. The Hall–Kier alpha value is -0.760. The van der Waals surface area contributed by atoms with Crippen molar-refractivity contribution >= 4 is 17.5 Å². The van der Waals surface area contributed by atoms with E-state index in [0.717, 1.165) is 6.42 Å². The van der Waals surface area contributed by atoms with Crippen LogP contribution in [0.2, 0.25) is 0 Å². The Morgan fingerprint density at radius 1 is 1.33 bits per heavy atom. The molecular weight excluding hydrogens is 204 g/mol. The zero-order valence-corrected chi connectivity index (χ0v) is 10.2. The molecule has 2 heteroatoms. The normalized spacial score (nSPS) is 20.1. The number of thioether (sulfide) groups is 1. The van der Waals surface area contributed by atoms with Gasteiger partial charge >= 0.3 is 0 Å². The van der Waals surface area contributed by atoms with E-state index in [4.69, 9.17) is 0 Å². The fourth-order valence-electron chi connectivity index (χ4n) is 1.81. The van der Waals surface area contributed by atoms with Crippen molar-refractivity contribution in [3.63, 3.8) is 0 Å². The molecule has 0 aliphatic carbocycles. The summed E-state index contributed by atoms with van der Waals surface area (Å²) in [6, 6.07) is 8.31. The smallest absolute Gasteiger partial charge is 0.151 e. The molecule has 1 aromatic carbocycles. The van der Waals surface area contributed by atoms with E-state index in [1.807, 2.05) is 32.9 Å². The van der Waals surface area contributed by atoms with Gasteiger partial charge in [0.2, 0.25) is 0 Å². The number of hydrogen-bond donors (Lipinski definition) is 0. The summed E-state index contributed by atoms with van der Waals surface area (Å²) in [5, 5.41) is 0.127. The Morgan fingerprint density at radius 2 is 2.00 bits per heavy atom. The molecule has 0 spiro atoms. The Morgan fingerprint density at radius 3 is 2.60 bits per heavy atom. The minimum atomic E-state index is -0.223. The predicted molar refractivity (Wildman–Crippen MR) is 64.3 cm³/mol. The minimum Gasteiger partial charge on any atom is -0.298 e. The maximum atomic E-state index is 12.1. The fraction of sp³-hybridized carbons (Fsp3) is 0.462. The van der Waals surface area contributed by atoms with Crippen molar-refractivity contribution in [2.75, 3.05) is 0 Å². The van der Waals surface area contributed by atoms with Crippen molar-refractivity contribution < 1.29 is 4.79 Å². The van der Waals surface area contributed by atoms with Crippen molar-refractivity contribution in [1.29, 1.82) is 0 Å². The molecule has 1 nitrogen and oxygen atoms in total. The number of ketones is 1. The van der Waals surface area contributed by atoms with Crippen molar-refractivity contribution in [3.05, 3.63) is 29.8 Å². The summed E-state index contributed by atoms with van der Waals surface area (Å²) >= 11 is 1.72. The largest absolute Gasteiger partial charge is 0.298 e. The first-order valence-corrected chi connectivity index (χ1v) is 6.15. The molecule has 1 aliphatic heterocycles. The van der Waals surface area contributed by atoms with Gasteiger partial charge in [0.25, 0.3) is 0 Å². The lowest BCUT2D eigenvalue weighted by Gasteiger charge is -2.20. The van der Waals surface area contributed by atoms with E-state index in [0.29, 0.717) is 5.78 Å². The van der Waals surface area contributed by atoms with E-state index in [1.165, 1.54) is 10.5 Å². The molecule has 0 aromatic heterocycles. The van der Waals surface area contributed by atoms with Gasteiger partial charge in [-0.3, -0.25) is 4.79 Å². The quantitative estimate of drug-likeness (QED) is 0.722. The molecular formula is C13H16OS. The van der Waals surface area contributed by atoms with Gasteiger partial charge in [0.15, 0.2) is 5.78 Å². The van der Waals surface area contributed by atoms with Gasteiger partial charge in [-0.15, -0.1) is 11.8 Å². The van der Waals surface area contributed by atoms with E-state index in [1.54, 1.807) is 11.8 Å². The van der Waals surface area contributed by atoms with Gasteiger partial charge in [0.1, 0.15) is 0 Å². The van der Waals surface area contributed by atoms with Gasteiger partial charge in [-0.1, -0.05) is 39.0 Å². The second kappa shape index (κ2) is 3.67. The zero-order chi connectivity index (χ0) is 11.1. The van der Waals surface area contributed by atoms with Crippen LogP contribution in [0, 0.1) is 5.41 Å². The Bertz CT molecular complexity index is 365. The van der Waals surface area contributed by atoms with Crippen LogP contribution in [0.4, 0.5) is 0 Å². The van der Waals surface area contributed by atoms with Crippen LogP contribution in [0.1, 0.15) is 26.3 Å². The molecule has 0 amide bonds. The number of fused-ring (bicyclic) bond motifs is 1. The van der Waals surface area contributed by atoms with Crippen molar-refractivity contribution in [1.82, 2.24) is 0 Å². The van der Waals surface area contributed by atoms with Gasteiger partial charge < -0.3 is 0 Å². The summed E-state index contributed by atoms with van der Waals surface area (Å²) in [5.41, 5.74) is 1.10. The first kappa shape index (κ1) is 10.7. The van der Waals surface area contributed by atoms with Crippen LogP contribution in [0.5, 0.6) is 0 Å². The third-order valence-corrected chi connectivity index (χ3v) is 4.00. The highest BCUT2D eigenvalue weighted by atomic mass is 32.2. The molecule has 1 aromatic rings. The predicted octanol–water partition coefficient (Wildman–Crippen LogP) is 3.32. The summed E-state index contributed by atoms with van der Waals surface area (Å²) in [5.74, 6) is 0.365. The first-order chi connectivity index (χ1) is 6.98. The average molecular weight is 220 g/mol. The van der Waals surface area contributed by atoms with Gasteiger partial charge in [0, 0.05) is 10.3 Å². The molecule has 2 rings (SSSR count). The van der Waals surface area contributed by atoms with Crippen LogP contribution >= 0.6 is 11.8 Å². The van der Waals surface area contributed by atoms with E-state index in [9.17, 15) is 4.79 Å². The molecule has 1 heterocycles. The third-order valence-electron chi connectivity index (χ3n) is 2.68. The lowest BCUT2D eigenvalue weighted by atomic mass is 9.87. The monoisotopic (exact) mass is 220 g/mol. The number of benzene rings is 1.